The van der Waals surface area contributed by atoms with Crippen LogP contribution < -0.4 is 5.32 Å². The third kappa shape index (κ3) is 3.77. The Morgan fingerprint density at radius 2 is 2.10 bits per heavy atom. The zero-order chi connectivity index (χ0) is 15.4. The number of aliphatic hydroxyl groups excluding tert-OH is 1. The fraction of sp³-hybridized carbons (Fsp3) is 0.200. The second-order valence-corrected chi connectivity index (χ2v) is 4.90. The lowest BCUT2D eigenvalue weighted by molar-refractivity contribution is 0.0913. The van der Waals surface area contributed by atoms with Crippen molar-refractivity contribution in [1.29, 1.82) is 0 Å². The highest BCUT2D eigenvalue weighted by Gasteiger charge is 2.15. The summed E-state index contributed by atoms with van der Waals surface area (Å²) in [6.07, 6.45) is -1.12. The van der Waals surface area contributed by atoms with Gasteiger partial charge in [0.2, 0.25) is 0 Å². The van der Waals surface area contributed by atoms with E-state index in [1.54, 1.807) is 19.1 Å². The van der Waals surface area contributed by atoms with E-state index in [1.165, 1.54) is 24.3 Å². The molecule has 1 heterocycles. The molecule has 0 aliphatic carbocycles. The van der Waals surface area contributed by atoms with Crippen molar-refractivity contribution in [2.24, 2.45) is 0 Å². The van der Waals surface area contributed by atoms with E-state index in [4.69, 9.17) is 11.6 Å². The Labute approximate surface area is 126 Å². The number of hydrogen-bond acceptors (Lipinski definition) is 3. The number of aliphatic hydroxyl groups is 1. The van der Waals surface area contributed by atoms with Gasteiger partial charge in [-0.1, -0.05) is 29.8 Å². The second kappa shape index (κ2) is 6.65. The fourth-order valence-corrected chi connectivity index (χ4v) is 2.10. The van der Waals surface area contributed by atoms with Crippen LogP contribution in [0.3, 0.4) is 0 Å². The van der Waals surface area contributed by atoms with Gasteiger partial charge in [0.25, 0.3) is 5.91 Å². The van der Waals surface area contributed by atoms with Gasteiger partial charge in [-0.15, -0.1) is 0 Å². The third-order valence-corrected chi connectivity index (χ3v) is 3.23. The van der Waals surface area contributed by atoms with E-state index in [-0.39, 0.29) is 12.1 Å². The Bertz CT molecular complexity index is 664. The molecule has 2 aromatic rings. The largest absolute Gasteiger partial charge is 0.386 e. The molecule has 0 fully saturated rings. The molecule has 0 aliphatic heterocycles. The van der Waals surface area contributed by atoms with Gasteiger partial charge in [-0.3, -0.25) is 4.79 Å². The van der Waals surface area contributed by atoms with Crippen molar-refractivity contribution in [2.75, 3.05) is 6.54 Å². The number of pyridine rings is 1. The Balaban J connectivity index is 2.02. The Kier molecular flexibility index (Phi) is 4.88. The molecule has 2 rings (SSSR count). The first kappa shape index (κ1) is 15.4. The average molecular weight is 309 g/mol. The molecule has 0 bridgehead atoms. The summed E-state index contributed by atoms with van der Waals surface area (Å²) < 4.78 is 13.5. The predicted octanol–water partition coefficient (Wildman–Crippen LogP) is 2.65. The van der Waals surface area contributed by atoms with Crippen LogP contribution in [0.1, 0.15) is 27.7 Å². The van der Waals surface area contributed by atoms with Crippen molar-refractivity contribution in [3.8, 4) is 0 Å². The molecule has 2 N–H and O–H groups in total. The first-order valence-corrected chi connectivity index (χ1v) is 6.70. The lowest BCUT2D eigenvalue weighted by Gasteiger charge is -2.13. The summed E-state index contributed by atoms with van der Waals surface area (Å²) >= 11 is 5.72. The summed E-state index contributed by atoms with van der Waals surface area (Å²) in [5, 5.41) is 12.8. The summed E-state index contributed by atoms with van der Waals surface area (Å²) in [5.41, 5.74) is 0.990. The van der Waals surface area contributed by atoms with E-state index in [0.717, 1.165) is 0 Å². The van der Waals surface area contributed by atoms with Gasteiger partial charge in [-0.25, -0.2) is 9.37 Å². The number of nitrogens with zero attached hydrogens (tertiary/aromatic N) is 1. The van der Waals surface area contributed by atoms with Crippen LogP contribution in [0.4, 0.5) is 4.39 Å². The molecule has 0 aliphatic rings. The van der Waals surface area contributed by atoms with Crippen molar-refractivity contribution in [3.05, 3.63) is 64.2 Å². The first-order valence-electron chi connectivity index (χ1n) is 6.33. The number of aryl methyl sites for hydroxylation is 1. The number of rotatable bonds is 4. The minimum absolute atomic E-state index is 0.0954. The standard InChI is InChI=1S/C15H14ClFN2O2/c1-9-10(6-7-14(16)19-9)15(21)18-8-13(20)11-4-2-3-5-12(11)17/h2-7,13,20H,8H2,1H3,(H,18,21). The molecule has 21 heavy (non-hydrogen) atoms. The van der Waals surface area contributed by atoms with Gasteiger partial charge in [0.05, 0.1) is 17.4 Å². The van der Waals surface area contributed by atoms with Gasteiger partial charge >= 0.3 is 0 Å². The van der Waals surface area contributed by atoms with E-state index < -0.39 is 17.8 Å². The van der Waals surface area contributed by atoms with Crippen molar-refractivity contribution in [3.63, 3.8) is 0 Å². The van der Waals surface area contributed by atoms with Crippen LogP contribution in [0.5, 0.6) is 0 Å². The molecular weight excluding hydrogens is 295 g/mol. The SMILES string of the molecule is Cc1nc(Cl)ccc1C(=O)NCC(O)c1ccccc1F. The summed E-state index contributed by atoms with van der Waals surface area (Å²) in [5.74, 6) is -0.907. The van der Waals surface area contributed by atoms with Crippen molar-refractivity contribution in [1.82, 2.24) is 10.3 Å². The van der Waals surface area contributed by atoms with Crippen LogP contribution in [0.25, 0.3) is 0 Å². The maximum absolute atomic E-state index is 13.5. The zero-order valence-corrected chi connectivity index (χ0v) is 12.1. The molecule has 0 spiro atoms. The van der Waals surface area contributed by atoms with E-state index in [1.807, 2.05) is 0 Å². The maximum Gasteiger partial charge on any atom is 0.253 e. The van der Waals surface area contributed by atoms with Crippen LogP contribution in [-0.4, -0.2) is 22.5 Å². The van der Waals surface area contributed by atoms with Gasteiger partial charge < -0.3 is 10.4 Å². The fourth-order valence-electron chi connectivity index (χ4n) is 1.91. The van der Waals surface area contributed by atoms with Crippen molar-refractivity contribution >= 4 is 17.5 Å². The summed E-state index contributed by atoms with van der Waals surface area (Å²) in [4.78, 5) is 16.0. The molecule has 1 aromatic heterocycles. The molecule has 1 atom stereocenters. The lowest BCUT2D eigenvalue weighted by Crippen LogP contribution is -2.29. The lowest BCUT2D eigenvalue weighted by atomic mass is 10.1. The monoisotopic (exact) mass is 308 g/mol. The summed E-state index contributed by atoms with van der Waals surface area (Å²) in [6.45, 7) is 1.57. The van der Waals surface area contributed by atoms with Crippen LogP contribution in [0.15, 0.2) is 36.4 Å². The van der Waals surface area contributed by atoms with Gasteiger partial charge in [0.1, 0.15) is 11.0 Å². The Morgan fingerprint density at radius 3 is 2.76 bits per heavy atom. The number of carbonyl (C=O) groups excluding carboxylic acids is 1. The Hall–Kier alpha value is -1.98. The van der Waals surface area contributed by atoms with E-state index in [2.05, 4.69) is 10.3 Å². The topological polar surface area (TPSA) is 62.2 Å². The van der Waals surface area contributed by atoms with Gasteiger partial charge in [0.15, 0.2) is 0 Å². The molecule has 0 radical (unpaired) electrons. The average Bonchev–Trinajstić information content (AvgIpc) is 2.45. The molecule has 6 heteroatoms. The molecule has 110 valence electrons. The number of aromatic nitrogens is 1. The number of amides is 1. The highest BCUT2D eigenvalue weighted by Crippen LogP contribution is 2.16. The normalized spacial score (nSPS) is 12.0. The summed E-state index contributed by atoms with van der Waals surface area (Å²) in [6, 6.07) is 8.95. The van der Waals surface area contributed by atoms with E-state index >= 15 is 0 Å². The molecule has 4 nitrogen and oxygen atoms in total. The number of hydrogen-bond donors (Lipinski definition) is 2. The molecular formula is C15H14ClFN2O2. The molecule has 1 amide bonds. The van der Waals surface area contributed by atoms with Gasteiger partial charge in [-0.05, 0) is 25.1 Å². The van der Waals surface area contributed by atoms with Crippen LogP contribution in [-0.2, 0) is 0 Å². The van der Waals surface area contributed by atoms with Crippen molar-refractivity contribution in [2.45, 2.75) is 13.0 Å². The smallest absolute Gasteiger partial charge is 0.253 e. The maximum atomic E-state index is 13.5. The van der Waals surface area contributed by atoms with Crippen LogP contribution in [0.2, 0.25) is 5.15 Å². The van der Waals surface area contributed by atoms with Crippen molar-refractivity contribution < 1.29 is 14.3 Å². The van der Waals surface area contributed by atoms with Gasteiger partial charge in [0, 0.05) is 12.1 Å². The Morgan fingerprint density at radius 1 is 1.38 bits per heavy atom. The quantitative estimate of drug-likeness (QED) is 0.854. The molecule has 1 aromatic carbocycles. The summed E-state index contributed by atoms with van der Waals surface area (Å²) in [7, 11) is 0. The van der Waals surface area contributed by atoms with Crippen LogP contribution in [0, 0.1) is 12.7 Å². The van der Waals surface area contributed by atoms with Gasteiger partial charge in [-0.2, -0.15) is 0 Å². The minimum Gasteiger partial charge on any atom is -0.386 e. The third-order valence-electron chi connectivity index (χ3n) is 3.02. The highest BCUT2D eigenvalue weighted by atomic mass is 35.5. The van der Waals surface area contributed by atoms with Crippen LogP contribution >= 0.6 is 11.6 Å². The number of benzene rings is 1. The highest BCUT2D eigenvalue weighted by molar-refractivity contribution is 6.29. The predicted molar refractivity (Wildman–Crippen MR) is 77.7 cm³/mol. The minimum atomic E-state index is -1.12. The number of carbonyl (C=O) groups is 1. The zero-order valence-electron chi connectivity index (χ0n) is 11.3. The van der Waals surface area contributed by atoms with E-state index in [9.17, 15) is 14.3 Å². The first-order chi connectivity index (χ1) is 9.99. The second-order valence-electron chi connectivity index (χ2n) is 4.51. The van der Waals surface area contributed by atoms with E-state index in [0.29, 0.717) is 16.4 Å². The molecule has 0 saturated carbocycles. The number of nitrogens with one attached hydrogen (secondary N) is 1. The number of halogens is 2. The molecule has 0 saturated heterocycles. The molecule has 1 unspecified atom stereocenters.